The number of carboxylic acid groups (broad SMARTS) is 1. The zero-order valence-corrected chi connectivity index (χ0v) is 11.7. The molecule has 0 saturated carbocycles. The minimum atomic E-state index is -1.09. The quantitative estimate of drug-likeness (QED) is 0.818. The van der Waals surface area contributed by atoms with Gasteiger partial charge in [-0.3, -0.25) is 4.79 Å². The smallest absolute Gasteiger partial charge is 0.339 e. The molecule has 1 amide bonds. The monoisotopic (exact) mass is 294 g/mol. The fourth-order valence-electron chi connectivity index (χ4n) is 2.21. The third-order valence-corrected chi connectivity index (χ3v) is 3.29. The molecule has 1 aromatic rings. The highest BCUT2D eigenvalue weighted by molar-refractivity contribution is 6.01. The summed E-state index contributed by atoms with van der Waals surface area (Å²) in [6.07, 6.45) is 0.403. The Morgan fingerprint density at radius 1 is 1.52 bits per heavy atom. The van der Waals surface area contributed by atoms with Crippen molar-refractivity contribution in [3.05, 3.63) is 23.8 Å². The summed E-state index contributed by atoms with van der Waals surface area (Å²) in [5, 5.41) is 9.17. The number of carboxylic acids is 1. The van der Waals surface area contributed by atoms with Crippen LogP contribution in [-0.2, 0) is 9.53 Å². The van der Waals surface area contributed by atoms with E-state index in [0.717, 1.165) is 0 Å². The van der Waals surface area contributed by atoms with E-state index in [2.05, 4.69) is 0 Å². The van der Waals surface area contributed by atoms with Crippen molar-refractivity contribution in [1.29, 1.82) is 0 Å². The Kier molecular flexibility index (Phi) is 4.77. The lowest BCUT2D eigenvalue weighted by molar-refractivity contribution is -0.120. The van der Waals surface area contributed by atoms with Gasteiger partial charge in [0, 0.05) is 13.7 Å². The van der Waals surface area contributed by atoms with Gasteiger partial charge in [0.25, 0.3) is 0 Å². The molecule has 0 radical (unpaired) electrons. The largest absolute Gasteiger partial charge is 0.489 e. The van der Waals surface area contributed by atoms with E-state index in [1.54, 1.807) is 19.2 Å². The number of hydrogen-bond donors (Lipinski definition) is 2. The van der Waals surface area contributed by atoms with Gasteiger partial charge in [0.05, 0.1) is 18.3 Å². The number of carbonyl (C=O) groups excluding carboxylic acids is 1. The van der Waals surface area contributed by atoms with Crippen LogP contribution in [0.25, 0.3) is 0 Å². The fraction of sp³-hybridized carbons (Fsp3) is 0.429. The third kappa shape index (κ3) is 3.14. The van der Waals surface area contributed by atoms with Crippen LogP contribution in [0.4, 0.5) is 5.69 Å². The second-order valence-corrected chi connectivity index (χ2v) is 4.69. The van der Waals surface area contributed by atoms with Gasteiger partial charge in [0.1, 0.15) is 12.2 Å². The van der Waals surface area contributed by atoms with Crippen molar-refractivity contribution in [1.82, 2.24) is 0 Å². The number of benzene rings is 1. The zero-order chi connectivity index (χ0) is 15.4. The number of ether oxygens (including phenoxy) is 2. The van der Waals surface area contributed by atoms with Crippen molar-refractivity contribution >= 4 is 17.6 Å². The number of carbonyl (C=O) groups is 2. The van der Waals surface area contributed by atoms with E-state index in [1.165, 1.54) is 11.0 Å². The van der Waals surface area contributed by atoms with E-state index in [4.69, 9.17) is 20.3 Å². The van der Waals surface area contributed by atoms with Crippen molar-refractivity contribution in [2.24, 2.45) is 5.73 Å². The summed E-state index contributed by atoms with van der Waals surface area (Å²) in [7, 11) is 1.54. The zero-order valence-electron chi connectivity index (χ0n) is 11.7. The second kappa shape index (κ2) is 6.55. The summed E-state index contributed by atoms with van der Waals surface area (Å²) in [6, 6.07) is 3.99. The molecule has 0 fully saturated rings. The lowest BCUT2D eigenvalue weighted by atomic mass is 10.1. The fourth-order valence-corrected chi connectivity index (χ4v) is 2.21. The summed E-state index contributed by atoms with van der Waals surface area (Å²) in [5.74, 6) is -1.15. The van der Waals surface area contributed by atoms with Crippen molar-refractivity contribution in [2.75, 3.05) is 31.8 Å². The average molecular weight is 294 g/mol. The number of fused-ring (bicyclic) bond motifs is 1. The Hall–Kier alpha value is -2.12. The van der Waals surface area contributed by atoms with Gasteiger partial charge in [-0.2, -0.15) is 0 Å². The van der Waals surface area contributed by atoms with Gasteiger partial charge in [-0.25, -0.2) is 4.79 Å². The molecule has 1 unspecified atom stereocenters. The lowest BCUT2D eigenvalue weighted by Gasteiger charge is -2.31. The first-order chi connectivity index (χ1) is 10.1. The summed E-state index contributed by atoms with van der Waals surface area (Å²) in [4.78, 5) is 25.1. The maximum Gasteiger partial charge on any atom is 0.339 e. The number of hydrogen-bond acceptors (Lipinski definition) is 5. The van der Waals surface area contributed by atoms with Gasteiger partial charge in [-0.05, 0) is 18.6 Å². The van der Waals surface area contributed by atoms with Gasteiger partial charge in [0.15, 0.2) is 5.75 Å². The summed E-state index contributed by atoms with van der Waals surface area (Å²) in [5.41, 5.74) is 6.34. The highest BCUT2D eigenvalue weighted by atomic mass is 16.5. The van der Waals surface area contributed by atoms with Crippen LogP contribution in [0, 0.1) is 0 Å². The normalized spacial score (nSPS) is 15.0. The SMILES string of the molecule is COCCC(N)C(=O)N1CCOc2c(C(=O)O)cccc21. The molecule has 21 heavy (non-hydrogen) atoms. The number of nitrogens with zero attached hydrogens (tertiary/aromatic N) is 1. The summed E-state index contributed by atoms with van der Waals surface area (Å²) >= 11 is 0. The molecule has 7 heteroatoms. The molecule has 0 bridgehead atoms. The van der Waals surface area contributed by atoms with Gasteiger partial charge in [0.2, 0.25) is 5.91 Å². The number of amides is 1. The van der Waals surface area contributed by atoms with Crippen LogP contribution in [0.1, 0.15) is 16.8 Å². The van der Waals surface area contributed by atoms with Crippen LogP contribution < -0.4 is 15.4 Å². The number of rotatable bonds is 5. The van der Waals surface area contributed by atoms with Gasteiger partial charge in [-0.15, -0.1) is 0 Å². The lowest BCUT2D eigenvalue weighted by Crippen LogP contribution is -2.47. The van der Waals surface area contributed by atoms with Crippen molar-refractivity contribution in [2.45, 2.75) is 12.5 Å². The van der Waals surface area contributed by atoms with Gasteiger partial charge < -0.3 is 25.2 Å². The molecule has 2 rings (SSSR count). The van der Waals surface area contributed by atoms with Crippen LogP contribution in [0.2, 0.25) is 0 Å². The molecule has 114 valence electrons. The predicted molar refractivity (Wildman–Crippen MR) is 75.7 cm³/mol. The van der Waals surface area contributed by atoms with Gasteiger partial charge in [-0.1, -0.05) is 6.07 Å². The topological polar surface area (TPSA) is 102 Å². The summed E-state index contributed by atoms with van der Waals surface area (Å²) < 4.78 is 10.3. The first kappa shape index (κ1) is 15.3. The molecule has 1 atom stereocenters. The maximum atomic E-state index is 12.4. The molecule has 1 aliphatic rings. The highest BCUT2D eigenvalue weighted by Crippen LogP contribution is 2.35. The number of aromatic carboxylic acids is 1. The van der Waals surface area contributed by atoms with E-state index in [1.807, 2.05) is 0 Å². The Bertz CT molecular complexity index is 546. The highest BCUT2D eigenvalue weighted by Gasteiger charge is 2.30. The molecule has 0 spiro atoms. The third-order valence-electron chi connectivity index (χ3n) is 3.29. The molecular weight excluding hydrogens is 276 g/mol. The van der Waals surface area contributed by atoms with Crippen LogP contribution in [0.15, 0.2) is 18.2 Å². The molecule has 3 N–H and O–H groups in total. The standard InChI is InChI=1S/C14H18N2O5/c1-20-7-5-10(15)13(17)16-6-8-21-12-9(14(18)19)3-2-4-11(12)16/h2-4,10H,5-8,15H2,1H3,(H,18,19). The molecule has 7 nitrogen and oxygen atoms in total. The molecule has 0 aliphatic carbocycles. The molecule has 1 aromatic carbocycles. The molecule has 0 aromatic heterocycles. The number of methoxy groups -OCH3 is 1. The van der Waals surface area contributed by atoms with Gasteiger partial charge >= 0.3 is 5.97 Å². The van der Waals surface area contributed by atoms with E-state index < -0.39 is 12.0 Å². The first-order valence-electron chi connectivity index (χ1n) is 6.61. The predicted octanol–water partition coefficient (Wildman–Crippen LogP) is 0.474. The second-order valence-electron chi connectivity index (χ2n) is 4.69. The molecule has 1 aliphatic heterocycles. The van der Waals surface area contributed by atoms with Crippen LogP contribution in [0.3, 0.4) is 0 Å². The average Bonchev–Trinajstić information content (AvgIpc) is 2.50. The Morgan fingerprint density at radius 3 is 2.95 bits per heavy atom. The molecular formula is C14H18N2O5. The van der Waals surface area contributed by atoms with Crippen LogP contribution in [-0.4, -0.2) is 49.9 Å². The van der Waals surface area contributed by atoms with E-state index in [0.29, 0.717) is 25.3 Å². The maximum absolute atomic E-state index is 12.4. The molecule has 0 saturated heterocycles. The Balaban J connectivity index is 2.28. The van der Waals surface area contributed by atoms with E-state index in [9.17, 15) is 9.59 Å². The van der Waals surface area contributed by atoms with Crippen molar-refractivity contribution < 1.29 is 24.2 Å². The minimum Gasteiger partial charge on any atom is -0.489 e. The van der Waals surface area contributed by atoms with Crippen LogP contribution in [0.5, 0.6) is 5.75 Å². The summed E-state index contributed by atoms with van der Waals surface area (Å²) in [6.45, 7) is 0.967. The van der Waals surface area contributed by atoms with Crippen LogP contribution >= 0.6 is 0 Å². The number of nitrogens with two attached hydrogens (primary N) is 1. The number of anilines is 1. The first-order valence-corrected chi connectivity index (χ1v) is 6.61. The van der Waals surface area contributed by atoms with E-state index in [-0.39, 0.29) is 23.8 Å². The van der Waals surface area contributed by atoms with Crippen molar-refractivity contribution in [3.63, 3.8) is 0 Å². The number of para-hydroxylation sites is 1. The minimum absolute atomic E-state index is 0.0375. The van der Waals surface area contributed by atoms with E-state index >= 15 is 0 Å². The molecule has 1 heterocycles. The Morgan fingerprint density at radius 2 is 2.29 bits per heavy atom. The van der Waals surface area contributed by atoms with Crippen molar-refractivity contribution in [3.8, 4) is 5.75 Å². The Labute approximate surface area is 122 Å².